The summed E-state index contributed by atoms with van der Waals surface area (Å²) in [5.41, 5.74) is -0.887. The molecule has 23 heavy (non-hydrogen) atoms. The number of nitriles is 1. The molecule has 0 saturated carbocycles. The number of amides is 1. The second kappa shape index (κ2) is 8.30. The van der Waals surface area contributed by atoms with E-state index in [4.69, 9.17) is 4.74 Å². The minimum atomic E-state index is -0.887. The van der Waals surface area contributed by atoms with Crippen LogP contribution in [0.4, 0.5) is 0 Å². The van der Waals surface area contributed by atoms with Crippen LogP contribution >= 0.6 is 0 Å². The van der Waals surface area contributed by atoms with Crippen LogP contribution in [0.1, 0.15) is 47.5 Å². The fourth-order valence-corrected chi connectivity index (χ4v) is 2.64. The van der Waals surface area contributed by atoms with E-state index in [0.29, 0.717) is 13.2 Å². The standard InChI is InChI=1S/C17H29N3O3/c1-6-23-16(22)14-8-7-9-20(10-14)13(4)15(21)19-17(5,11-18)12(2)3/h12-14H,6-10H2,1-5H3,(H,19,21)/t13-,14+,17+/m0/s1. The van der Waals surface area contributed by atoms with Crippen molar-refractivity contribution in [2.75, 3.05) is 19.7 Å². The van der Waals surface area contributed by atoms with E-state index in [2.05, 4.69) is 11.4 Å². The highest BCUT2D eigenvalue weighted by Crippen LogP contribution is 2.21. The van der Waals surface area contributed by atoms with Crippen molar-refractivity contribution in [1.29, 1.82) is 5.26 Å². The van der Waals surface area contributed by atoms with E-state index in [1.165, 1.54) is 0 Å². The van der Waals surface area contributed by atoms with Gasteiger partial charge in [-0.2, -0.15) is 5.26 Å². The first-order valence-corrected chi connectivity index (χ1v) is 8.39. The van der Waals surface area contributed by atoms with Crippen LogP contribution in [0.2, 0.25) is 0 Å². The van der Waals surface area contributed by atoms with Gasteiger partial charge in [0.2, 0.25) is 5.91 Å². The lowest BCUT2D eigenvalue weighted by Crippen LogP contribution is -2.56. The van der Waals surface area contributed by atoms with Crippen molar-refractivity contribution in [2.24, 2.45) is 11.8 Å². The highest BCUT2D eigenvalue weighted by Gasteiger charge is 2.35. The largest absolute Gasteiger partial charge is 0.466 e. The van der Waals surface area contributed by atoms with Gasteiger partial charge < -0.3 is 10.1 Å². The second-order valence-corrected chi connectivity index (χ2v) is 6.72. The van der Waals surface area contributed by atoms with Gasteiger partial charge in [-0.3, -0.25) is 14.5 Å². The molecule has 6 heteroatoms. The Labute approximate surface area is 139 Å². The third kappa shape index (κ3) is 4.93. The number of rotatable bonds is 6. The van der Waals surface area contributed by atoms with E-state index >= 15 is 0 Å². The number of esters is 1. The maximum atomic E-state index is 12.5. The monoisotopic (exact) mass is 323 g/mol. The molecular formula is C17H29N3O3. The van der Waals surface area contributed by atoms with Crippen molar-refractivity contribution in [2.45, 2.75) is 59.0 Å². The van der Waals surface area contributed by atoms with E-state index in [-0.39, 0.29) is 29.8 Å². The van der Waals surface area contributed by atoms with Gasteiger partial charge in [0.25, 0.3) is 0 Å². The van der Waals surface area contributed by atoms with Gasteiger partial charge in [-0.05, 0) is 46.1 Å². The summed E-state index contributed by atoms with van der Waals surface area (Å²) in [5, 5.41) is 12.2. The summed E-state index contributed by atoms with van der Waals surface area (Å²) >= 11 is 0. The van der Waals surface area contributed by atoms with Gasteiger partial charge in [0.05, 0.1) is 24.6 Å². The molecule has 1 N–H and O–H groups in total. The maximum absolute atomic E-state index is 12.5. The van der Waals surface area contributed by atoms with Gasteiger partial charge in [0.1, 0.15) is 5.54 Å². The Kier molecular flexibility index (Phi) is 7.01. The molecule has 1 heterocycles. The van der Waals surface area contributed by atoms with Crippen molar-refractivity contribution in [1.82, 2.24) is 10.2 Å². The quantitative estimate of drug-likeness (QED) is 0.752. The smallest absolute Gasteiger partial charge is 0.310 e. The van der Waals surface area contributed by atoms with Crippen molar-refractivity contribution in [3.8, 4) is 6.07 Å². The van der Waals surface area contributed by atoms with Crippen LogP contribution in [0.5, 0.6) is 0 Å². The number of likely N-dealkylation sites (tertiary alicyclic amines) is 1. The lowest BCUT2D eigenvalue weighted by Gasteiger charge is -2.37. The molecule has 0 unspecified atom stereocenters. The minimum Gasteiger partial charge on any atom is -0.466 e. The topological polar surface area (TPSA) is 82.4 Å². The molecule has 130 valence electrons. The summed E-state index contributed by atoms with van der Waals surface area (Å²) < 4.78 is 5.09. The third-order valence-electron chi connectivity index (χ3n) is 4.77. The van der Waals surface area contributed by atoms with Gasteiger partial charge in [0.15, 0.2) is 0 Å². The highest BCUT2D eigenvalue weighted by atomic mass is 16.5. The normalized spacial score (nSPS) is 22.7. The zero-order valence-electron chi connectivity index (χ0n) is 14.9. The Balaban J connectivity index is 2.69. The van der Waals surface area contributed by atoms with Crippen LogP contribution in [-0.2, 0) is 14.3 Å². The molecular weight excluding hydrogens is 294 g/mol. The lowest BCUT2D eigenvalue weighted by molar-refractivity contribution is -0.151. The predicted molar refractivity (Wildman–Crippen MR) is 87.4 cm³/mol. The number of hydrogen-bond donors (Lipinski definition) is 1. The van der Waals surface area contributed by atoms with E-state index in [9.17, 15) is 14.9 Å². The lowest BCUT2D eigenvalue weighted by atomic mass is 9.89. The Bertz CT molecular complexity index is 472. The van der Waals surface area contributed by atoms with Crippen LogP contribution in [-0.4, -0.2) is 48.1 Å². The van der Waals surface area contributed by atoms with Crippen LogP contribution in [0.3, 0.4) is 0 Å². The number of carbonyl (C=O) groups excluding carboxylic acids is 2. The van der Waals surface area contributed by atoms with Crippen LogP contribution < -0.4 is 5.32 Å². The summed E-state index contributed by atoms with van der Waals surface area (Å²) in [6.45, 7) is 10.8. The molecule has 6 nitrogen and oxygen atoms in total. The number of nitrogens with one attached hydrogen (secondary N) is 1. The Morgan fingerprint density at radius 2 is 2.09 bits per heavy atom. The molecule has 0 aromatic heterocycles. The SMILES string of the molecule is CCOC(=O)[C@@H]1CCCN([C@@H](C)C(=O)N[C@](C)(C#N)C(C)C)C1. The maximum Gasteiger partial charge on any atom is 0.310 e. The second-order valence-electron chi connectivity index (χ2n) is 6.72. The third-order valence-corrected chi connectivity index (χ3v) is 4.77. The molecule has 1 saturated heterocycles. The number of carbonyl (C=O) groups is 2. The Morgan fingerprint density at radius 1 is 1.43 bits per heavy atom. The molecule has 0 spiro atoms. The zero-order valence-corrected chi connectivity index (χ0v) is 14.9. The van der Waals surface area contributed by atoms with Gasteiger partial charge >= 0.3 is 5.97 Å². The number of piperidine rings is 1. The summed E-state index contributed by atoms with van der Waals surface area (Å²) in [6.07, 6.45) is 1.66. The minimum absolute atomic E-state index is 0.0114. The average molecular weight is 323 g/mol. The van der Waals surface area contributed by atoms with Crippen molar-refractivity contribution in [3.05, 3.63) is 0 Å². The van der Waals surface area contributed by atoms with Crippen molar-refractivity contribution in [3.63, 3.8) is 0 Å². The van der Waals surface area contributed by atoms with Crippen molar-refractivity contribution < 1.29 is 14.3 Å². The highest BCUT2D eigenvalue weighted by molar-refractivity contribution is 5.82. The molecule has 1 fully saturated rings. The van der Waals surface area contributed by atoms with Crippen molar-refractivity contribution >= 4 is 11.9 Å². The van der Waals surface area contributed by atoms with E-state index in [0.717, 1.165) is 19.4 Å². The van der Waals surface area contributed by atoms with Gasteiger partial charge in [-0.25, -0.2) is 0 Å². The fourth-order valence-electron chi connectivity index (χ4n) is 2.64. The van der Waals surface area contributed by atoms with E-state index < -0.39 is 5.54 Å². The van der Waals surface area contributed by atoms with E-state index in [1.807, 2.05) is 25.7 Å². The number of nitrogens with zero attached hydrogens (tertiary/aromatic N) is 2. The van der Waals surface area contributed by atoms with Crippen LogP contribution in [0.15, 0.2) is 0 Å². The molecule has 3 atom stereocenters. The van der Waals surface area contributed by atoms with Crippen LogP contribution in [0.25, 0.3) is 0 Å². The van der Waals surface area contributed by atoms with Gasteiger partial charge in [0, 0.05) is 6.54 Å². The molecule has 0 aliphatic carbocycles. The number of ether oxygens (including phenoxy) is 1. The molecule has 0 radical (unpaired) electrons. The predicted octanol–water partition coefficient (Wildman–Crippen LogP) is 1.70. The average Bonchev–Trinajstić information content (AvgIpc) is 2.54. The first kappa shape index (κ1) is 19.4. The molecule has 0 bridgehead atoms. The molecule has 1 aliphatic rings. The molecule has 0 aromatic carbocycles. The summed E-state index contributed by atoms with van der Waals surface area (Å²) in [5.74, 6) is -0.523. The Hall–Kier alpha value is -1.61. The molecule has 0 aromatic rings. The van der Waals surface area contributed by atoms with Gasteiger partial charge in [-0.15, -0.1) is 0 Å². The summed E-state index contributed by atoms with van der Waals surface area (Å²) in [7, 11) is 0. The summed E-state index contributed by atoms with van der Waals surface area (Å²) in [6, 6.07) is 1.81. The first-order valence-electron chi connectivity index (χ1n) is 8.39. The fraction of sp³-hybridized carbons (Fsp3) is 0.824. The molecule has 1 aliphatic heterocycles. The zero-order chi connectivity index (χ0) is 17.6. The molecule has 1 amide bonds. The number of hydrogen-bond acceptors (Lipinski definition) is 5. The van der Waals surface area contributed by atoms with E-state index in [1.54, 1.807) is 13.8 Å². The Morgan fingerprint density at radius 3 is 2.61 bits per heavy atom. The first-order chi connectivity index (χ1) is 10.7. The molecule has 1 rings (SSSR count). The van der Waals surface area contributed by atoms with Crippen LogP contribution in [0, 0.1) is 23.2 Å². The van der Waals surface area contributed by atoms with Gasteiger partial charge in [-0.1, -0.05) is 13.8 Å². The summed E-state index contributed by atoms with van der Waals surface area (Å²) in [4.78, 5) is 26.4.